The molecule has 0 radical (unpaired) electrons. The molecule has 2 N–H and O–H groups in total. The van der Waals surface area contributed by atoms with Gasteiger partial charge in [0.15, 0.2) is 5.78 Å². The number of nitrogens with zero attached hydrogens (tertiary/aromatic N) is 1. The van der Waals surface area contributed by atoms with Crippen molar-refractivity contribution in [1.82, 2.24) is 0 Å². The molecule has 0 bridgehead atoms. The highest BCUT2D eigenvalue weighted by molar-refractivity contribution is 6.19. The van der Waals surface area contributed by atoms with Crippen molar-refractivity contribution in [2.45, 2.75) is 39.5 Å². The SMILES string of the molecule is Cc1ccc([C@@H]2C(=C(O)c3ccccc3)C(=N)N(c3ccccc3)C3=C2C(=O)CC(C)(C)C3)cc1. The molecule has 4 heteroatoms. The van der Waals surface area contributed by atoms with Crippen LogP contribution in [0.3, 0.4) is 0 Å². The number of nitrogens with one attached hydrogen (secondary N) is 1. The van der Waals surface area contributed by atoms with E-state index in [-0.39, 0.29) is 22.8 Å². The van der Waals surface area contributed by atoms with E-state index in [1.54, 1.807) is 0 Å². The van der Waals surface area contributed by atoms with E-state index in [9.17, 15) is 15.3 Å². The molecule has 0 unspecified atom stereocenters. The Kier molecular flexibility index (Phi) is 5.68. The Morgan fingerprint density at radius 1 is 0.914 bits per heavy atom. The summed E-state index contributed by atoms with van der Waals surface area (Å²) in [5.74, 6) is -0.200. The molecule has 0 spiro atoms. The number of hydrogen-bond acceptors (Lipinski definition) is 3. The zero-order valence-corrected chi connectivity index (χ0v) is 20.4. The van der Waals surface area contributed by atoms with Crippen LogP contribution in [0.5, 0.6) is 0 Å². The molecule has 1 atom stereocenters. The van der Waals surface area contributed by atoms with Crippen LogP contribution >= 0.6 is 0 Å². The van der Waals surface area contributed by atoms with Crippen molar-refractivity contribution in [3.63, 3.8) is 0 Å². The van der Waals surface area contributed by atoms with Crippen molar-refractivity contribution >= 4 is 23.1 Å². The Morgan fingerprint density at radius 3 is 2.14 bits per heavy atom. The van der Waals surface area contributed by atoms with Gasteiger partial charge in [-0.3, -0.25) is 15.1 Å². The lowest BCUT2D eigenvalue weighted by molar-refractivity contribution is -0.118. The molecule has 1 aliphatic heterocycles. The summed E-state index contributed by atoms with van der Waals surface area (Å²) in [5, 5.41) is 21.0. The second-order valence-corrected chi connectivity index (χ2v) is 10.3. The fourth-order valence-corrected chi connectivity index (χ4v) is 5.32. The van der Waals surface area contributed by atoms with Gasteiger partial charge in [0.05, 0.1) is 0 Å². The lowest BCUT2D eigenvalue weighted by Crippen LogP contribution is -2.45. The molecule has 0 saturated heterocycles. The van der Waals surface area contributed by atoms with E-state index in [1.165, 1.54) is 0 Å². The molecule has 1 heterocycles. The topological polar surface area (TPSA) is 64.4 Å². The van der Waals surface area contributed by atoms with Gasteiger partial charge in [0.2, 0.25) is 0 Å². The molecule has 2 aliphatic rings. The first-order valence-corrected chi connectivity index (χ1v) is 12.0. The van der Waals surface area contributed by atoms with Crippen LogP contribution in [0.4, 0.5) is 5.69 Å². The number of carbonyl (C=O) groups excluding carboxylic acids is 1. The Hall–Kier alpha value is -3.92. The van der Waals surface area contributed by atoms with Gasteiger partial charge in [0, 0.05) is 40.4 Å². The number of aliphatic hydroxyl groups is 1. The maximum atomic E-state index is 13.8. The van der Waals surface area contributed by atoms with Crippen molar-refractivity contribution in [2.24, 2.45) is 5.41 Å². The van der Waals surface area contributed by atoms with Crippen LogP contribution in [-0.2, 0) is 4.79 Å². The third-order valence-corrected chi connectivity index (χ3v) is 6.95. The summed E-state index contributed by atoms with van der Waals surface area (Å²) in [7, 11) is 0. The van der Waals surface area contributed by atoms with Gasteiger partial charge in [-0.25, -0.2) is 0 Å². The summed E-state index contributed by atoms with van der Waals surface area (Å²) in [6, 6.07) is 27.1. The monoisotopic (exact) mass is 462 g/mol. The molecule has 0 saturated carbocycles. The minimum Gasteiger partial charge on any atom is -0.507 e. The van der Waals surface area contributed by atoms with Crippen LogP contribution < -0.4 is 4.90 Å². The number of para-hydroxylation sites is 1. The Balaban J connectivity index is 1.85. The predicted octanol–water partition coefficient (Wildman–Crippen LogP) is 7.19. The van der Waals surface area contributed by atoms with Crippen molar-refractivity contribution in [3.8, 4) is 0 Å². The highest BCUT2D eigenvalue weighted by atomic mass is 16.3. The van der Waals surface area contributed by atoms with E-state index < -0.39 is 5.92 Å². The number of amidine groups is 1. The average molecular weight is 463 g/mol. The minimum absolute atomic E-state index is 0.0336. The van der Waals surface area contributed by atoms with Gasteiger partial charge in [0.1, 0.15) is 11.6 Å². The fraction of sp³-hybridized carbons (Fsp3) is 0.226. The zero-order valence-electron chi connectivity index (χ0n) is 20.4. The second kappa shape index (κ2) is 8.70. The minimum atomic E-state index is -0.512. The third kappa shape index (κ3) is 4.10. The van der Waals surface area contributed by atoms with E-state index in [4.69, 9.17) is 0 Å². The van der Waals surface area contributed by atoms with Gasteiger partial charge in [-0.1, -0.05) is 92.2 Å². The van der Waals surface area contributed by atoms with Crippen LogP contribution in [-0.4, -0.2) is 16.7 Å². The number of hydrogen-bond donors (Lipinski definition) is 2. The molecule has 35 heavy (non-hydrogen) atoms. The van der Waals surface area contributed by atoms with Gasteiger partial charge in [0.25, 0.3) is 0 Å². The van der Waals surface area contributed by atoms with Crippen molar-refractivity contribution in [3.05, 3.63) is 118 Å². The van der Waals surface area contributed by atoms with Crippen LogP contribution in [0.2, 0.25) is 0 Å². The number of benzene rings is 3. The van der Waals surface area contributed by atoms with Crippen molar-refractivity contribution in [2.75, 3.05) is 4.90 Å². The fourth-order valence-electron chi connectivity index (χ4n) is 5.32. The van der Waals surface area contributed by atoms with E-state index in [1.807, 2.05) is 96.8 Å². The largest absolute Gasteiger partial charge is 0.507 e. The lowest BCUT2D eigenvalue weighted by atomic mass is 9.67. The molecule has 4 nitrogen and oxygen atoms in total. The number of Topliss-reactive ketones (excluding diaryl/α,β-unsaturated/α-hetero) is 1. The van der Waals surface area contributed by atoms with Crippen LogP contribution in [0.15, 0.2) is 102 Å². The first-order chi connectivity index (χ1) is 16.8. The highest BCUT2D eigenvalue weighted by Crippen LogP contribution is 2.51. The molecule has 0 fully saturated rings. The van der Waals surface area contributed by atoms with Crippen LogP contribution in [0, 0.1) is 17.7 Å². The molecule has 3 aromatic carbocycles. The smallest absolute Gasteiger partial charge is 0.162 e. The van der Waals surface area contributed by atoms with Crippen LogP contribution in [0.1, 0.15) is 49.3 Å². The van der Waals surface area contributed by atoms with Gasteiger partial charge < -0.3 is 5.11 Å². The number of anilines is 1. The average Bonchev–Trinajstić information content (AvgIpc) is 2.84. The maximum absolute atomic E-state index is 13.8. The van der Waals surface area contributed by atoms with E-state index in [0.29, 0.717) is 29.6 Å². The van der Waals surface area contributed by atoms with Gasteiger partial charge in [-0.15, -0.1) is 0 Å². The van der Waals surface area contributed by atoms with E-state index in [2.05, 4.69) is 13.8 Å². The number of rotatable bonds is 3. The van der Waals surface area contributed by atoms with Crippen LogP contribution in [0.25, 0.3) is 5.76 Å². The predicted molar refractivity (Wildman–Crippen MR) is 142 cm³/mol. The number of carbonyl (C=O) groups is 1. The summed E-state index contributed by atoms with van der Waals surface area (Å²) >= 11 is 0. The zero-order chi connectivity index (χ0) is 24.7. The summed E-state index contributed by atoms with van der Waals surface area (Å²) in [4.78, 5) is 15.7. The molecule has 176 valence electrons. The quantitative estimate of drug-likeness (QED) is 0.405. The summed E-state index contributed by atoms with van der Waals surface area (Å²) in [5.41, 5.74) is 5.25. The highest BCUT2D eigenvalue weighted by Gasteiger charge is 2.46. The molecular weight excluding hydrogens is 432 g/mol. The van der Waals surface area contributed by atoms with E-state index in [0.717, 1.165) is 22.5 Å². The number of aryl methyl sites for hydroxylation is 1. The van der Waals surface area contributed by atoms with Gasteiger partial charge in [-0.05, 0) is 36.5 Å². The normalized spacial score (nSPS) is 21.1. The molecular formula is C31H30N2O2. The maximum Gasteiger partial charge on any atom is 0.162 e. The lowest BCUT2D eigenvalue weighted by Gasteiger charge is -2.45. The molecule has 0 aromatic heterocycles. The molecule has 1 aliphatic carbocycles. The Morgan fingerprint density at radius 2 is 1.51 bits per heavy atom. The Labute approximate surface area is 206 Å². The molecule has 5 rings (SSSR count). The van der Waals surface area contributed by atoms with E-state index >= 15 is 0 Å². The first-order valence-electron chi connectivity index (χ1n) is 12.0. The molecule has 0 amide bonds. The van der Waals surface area contributed by atoms with Gasteiger partial charge >= 0.3 is 0 Å². The number of allylic oxidation sites excluding steroid dienone is 2. The first kappa shape index (κ1) is 22.9. The number of ketones is 1. The number of aliphatic hydroxyl groups excluding tert-OH is 1. The third-order valence-electron chi connectivity index (χ3n) is 6.95. The summed E-state index contributed by atoms with van der Waals surface area (Å²) in [6.07, 6.45) is 1.11. The second-order valence-electron chi connectivity index (χ2n) is 10.3. The van der Waals surface area contributed by atoms with Gasteiger partial charge in [-0.2, -0.15) is 0 Å². The standard InChI is InChI=1S/C31H30N2O2/c1-20-14-16-21(17-15-20)26-27-24(18-31(2,3)19-25(27)34)33(23-12-8-5-9-13-23)30(32)28(26)29(35)22-10-6-4-7-11-22/h4-17,26,32,35H,18-19H2,1-3H3/t26-/m0/s1. The summed E-state index contributed by atoms with van der Waals surface area (Å²) in [6.45, 7) is 6.24. The van der Waals surface area contributed by atoms with Crippen molar-refractivity contribution < 1.29 is 9.90 Å². The summed E-state index contributed by atoms with van der Waals surface area (Å²) < 4.78 is 0. The van der Waals surface area contributed by atoms with Crippen molar-refractivity contribution in [1.29, 1.82) is 5.41 Å². The Bertz CT molecular complexity index is 1350. The molecule has 3 aromatic rings.